The highest BCUT2D eigenvalue weighted by atomic mass is 16.4. The van der Waals surface area contributed by atoms with Crippen LogP contribution in [0.15, 0.2) is 0 Å². The summed E-state index contributed by atoms with van der Waals surface area (Å²) in [6.45, 7) is 1.45. The Morgan fingerprint density at radius 2 is 2.27 bits per heavy atom. The van der Waals surface area contributed by atoms with Gasteiger partial charge in [-0.1, -0.05) is 0 Å². The quantitative estimate of drug-likeness (QED) is 0.602. The normalized spacial score (nSPS) is 21.2. The molecule has 0 radical (unpaired) electrons. The van der Waals surface area contributed by atoms with E-state index in [2.05, 4.69) is 0 Å². The molecule has 1 fully saturated rings. The van der Waals surface area contributed by atoms with Gasteiger partial charge in [-0.3, -0.25) is 14.5 Å². The number of aliphatic carboxylic acids is 1. The summed E-state index contributed by atoms with van der Waals surface area (Å²) < 4.78 is 0. The number of carboxylic acids is 1. The molecule has 1 aliphatic heterocycles. The minimum absolute atomic E-state index is 0.0341. The first-order valence-electron chi connectivity index (χ1n) is 4.97. The second-order valence-electron chi connectivity index (χ2n) is 3.73. The fraction of sp³-hybridized carbons (Fsp3) is 0.778. The summed E-state index contributed by atoms with van der Waals surface area (Å²) in [5.41, 5.74) is 5.39. The van der Waals surface area contributed by atoms with E-state index in [-0.39, 0.29) is 19.0 Å². The molecule has 1 amide bonds. The Morgan fingerprint density at radius 3 is 2.80 bits per heavy atom. The molecule has 0 saturated carbocycles. The molecule has 15 heavy (non-hydrogen) atoms. The third kappa shape index (κ3) is 2.90. The zero-order valence-corrected chi connectivity index (χ0v) is 8.85. The molecule has 0 spiro atoms. The lowest BCUT2D eigenvalue weighted by molar-refractivity contribution is -0.143. The fourth-order valence-corrected chi connectivity index (χ4v) is 1.68. The van der Waals surface area contributed by atoms with Gasteiger partial charge in [0.05, 0.1) is 6.54 Å². The summed E-state index contributed by atoms with van der Waals surface area (Å²) in [4.78, 5) is 25.7. The zero-order valence-electron chi connectivity index (χ0n) is 8.85. The lowest BCUT2D eigenvalue weighted by atomic mass is 10.2. The Hall–Kier alpha value is -1.14. The Labute approximate surface area is 88.6 Å². The number of hydrogen-bond donors (Lipinski definition) is 2. The SMILES string of the molecule is CN1CCCN(C(CN)C(=O)O)CC1=O. The van der Waals surface area contributed by atoms with Crippen LogP contribution in [0.3, 0.4) is 0 Å². The van der Waals surface area contributed by atoms with Gasteiger partial charge in [0.15, 0.2) is 0 Å². The molecule has 0 aromatic rings. The van der Waals surface area contributed by atoms with E-state index in [1.54, 1.807) is 16.8 Å². The Kier molecular flexibility index (Phi) is 4.05. The van der Waals surface area contributed by atoms with Crippen molar-refractivity contribution >= 4 is 11.9 Å². The van der Waals surface area contributed by atoms with Crippen molar-refractivity contribution in [2.45, 2.75) is 12.5 Å². The predicted octanol–water partition coefficient (Wildman–Crippen LogP) is -1.44. The number of nitrogens with zero attached hydrogens (tertiary/aromatic N) is 2. The third-order valence-electron chi connectivity index (χ3n) is 2.65. The van der Waals surface area contributed by atoms with Gasteiger partial charge in [0.2, 0.25) is 5.91 Å². The first-order chi connectivity index (χ1) is 7.06. The molecule has 0 bridgehead atoms. The number of nitrogens with two attached hydrogens (primary N) is 1. The zero-order chi connectivity index (χ0) is 11.4. The summed E-state index contributed by atoms with van der Waals surface area (Å²) >= 11 is 0. The summed E-state index contributed by atoms with van der Waals surface area (Å²) in [5, 5.41) is 8.92. The van der Waals surface area contributed by atoms with E-state index >= 15 is 0 Å². The van der Waals surface area contributed by atoms with Crippen LogP contribution in [0.5, 0.6) is 0 Å². The number of rotatable bonds is 3. The van der Waals surface area contributed by atoms with Crippen LogP contribution in [0, 0.1) is 0 Å². The summed E-state index contributed by atoms with van der Waals surface area (Å²) in [5.74, 6) is -1.01. The maximum absolute atomic E-state index is 11.5. The minimum atomic E-state index is -0.963. The van der Waals surface area contributed by atoms with E-state index in [0.717, 1.165) is 6.42 Å². The molecular weight excluding hydrogens is 198 g/mol. The van der Waals surface area contributed by atoms with Crippen LogP contribution in [0.2, 0.25) is 0 Å². The number of amides is 1. The topological polar surface area (TPSA) is 86.9 Å². The van der Waals surface area contributed by atoms with Gasteiger partial charge in [0.25, 0.3) is 0 Å². The van der Waals surface area contributed by atoms with Gasteiger partial charge in [0, 0.05) is 26.7 Å². The summed E-state index contributed by atoms with van der Waals surface area (Å²) in [7, 11) is 1.73. The first kappa shape index (κ1) is 11.9. The van der Waals surface area contributed by atoms with Crippen molar-refractivity contribution in [2.75, 3.05) is 33.2 Å². The molecule has 86 valence electrons. The number of carbonyl (C=O) groups excluding carboxylic acids is 1. The van der Waals surface area contributed by atoms with Crippen molar-refractivity contribution in [2.24, 2.45) is 5.73 Å². The predicted molar refractivity (Wildman–Crippen MR) is 54.3 cm³/mol. The number of hydrogen-bond acceptors (Lipinski definition) is 4. The fourth-order valence-electron chi connectivity index (χ4n) is 1.68. The van der Waals surface area contributed by atoms with E-state index in [9.17, 15) is 9.59 Å². The second-order valence-corrected chi connectivity index (χ2v) is 3.73. The molecule has 1 rings (SSSR count). The average molecular weight is 215 g/mol. The number of carboxylic acid groups (broad SMARTS) is 1. The van der Waals surface area contributed by atoms with Crippen molar-refractivity contribution in [3.05, 3.63) is 0 Å². The van der Waals surface area contributed by atoms with Crippen molar-refractivity contribution in [1.82, 2.24) is 9.80 Å². The van der Waals surface area contributed by atoms with Gasteiger partial charge in [-0.25, -0.2) is 0 Å². The van der Waals surface area contributed by atoms with Gasteiger partial charge in [-0.15, -0.1) is 0 Å². The Balaban J connectivity index is 2.68. The van der Waals surface area contributed by atoms with Crippen LogP contribution in [-0.2, 0) is 9.59 Å². The molecule has 0 aromatic carbocycles. The number of likely N-dealkylation sites (N-methyl/N-ethyl adjacent to an activating group) is 1. The monoisotopic (exact) mass is 215 g/mol. The van der Waals surface area contributed by atoms with Gasteiger partial charge in [-0.2, -0.15) is 0 Å². The Bertz CT molecular complexity index is 257. The van der Waals surface area contributed by atoms with E-state index in [4.69, 9.17) is 10.8 Å². The van der Waals surface area contributed by atoms with Crippen molar-refractivity contribution in [1.29, 1.82) is 0 Å². The number of carbonyl (C=O) groups is 2. The van der Waals surface area contributed by atoms with Crippen molar-refractivity contribution in [3.8, 4) is 0 Å². The maximum Gasteiger partial charge on any atom is 0.322 e. The molecule has 3 N–H and O–H groups in total. The van der Waals surface area contributed by atoms with Gasteiger partial charge in [0.1, 0.15) is 6.04 Å². The van der Waals surface area contributed by atoms with E-state index in [1.165, 1.54) is 0 Å². The molecule has 6 heteroatoms. The maximum atomic E-state index is 11.5. The van der Waals surface area contributed by atoms with Gasteiger partial charge >= 0.3 is 5.97 Å². The summed E-state index contributed by atoms with van der Waals surface area (Å²) in [6.07, 6.45) is 0.784. The highest BCUT2D eigenvalue weighted by molar-refractivity contribution is 5.80. The third-order valence-corrected chi connectivity index (χ3v) is 2.65. The van der Waals surface area contributed by atoms with E-state index < -0.39 is 12.0 Å². The van der Waals surface area contributed by atoms with Crippen molar-refractivity contribution < 1.29 is 14.7 Å². The lowest BCUT2D eigenvalue weighted by Crippen LogP contribution is -2.48. The molecule has 6 nitrogen and oxygen atoms in total. The smallest absolute Gasteiger partial charge is 0.322 e. The van der Waals surface area contributed by atoms with Crippen LogP contribution in [0.1, 0.15) is 6.42 Å². The first-order valence-corrected chi connectivity index (χ1v) is 4.97. The van der Waals surface area contributed by atoms with Crippen LogP contribution < -0.4 is 5.73 Å². The molecule has 0 aromatic heterocycles. The molecule has 1 heterocycles. The lowest BCUT2D eigenvalue weighted by Gasteiger charge is -2.25. The van der Waals surface area contributed by atoms with Crippen LogP contribution in [0.25, 0.3) is 0 Å². The van der Waals surface area contributed by atoms with Crippen LogP contribution in [-0.4, -0.2) is 66.1 Å². The molecule has 1 aliphatic rings. The van der Waals surface area contributed by atoms with Gasteiger partial charge in [-0.05, 0) is 6.42 Å². The molecule has 0 aliphatic carbocycles. The molecule has 1 saturated heterocycles. The standard InChI is InChI=1S/C9H17N3O3/c1-11-3-2-4-12(6-8(11)13)7(5-10)9(14)15/h7H,2-6,10H2,1H3,(H,14,15). The van der Waals surface area contributed by atoms with Gasteiger partial charge < -0.3 is 15.7 Å². The molecular formula is C9H17N3O3. The van der Waals surface area contributed by atoms with Crippen LogP contribution >= 0.6 is 0 Å². The van der Waals surface area contributed by atoms with E-state index in [1.807, 2.05) is 0 Å². The van der Waals surface area contributed by atoms with Crippen molar-refractivity contribution in [3.63, 3.8) is 0 Å². The Morgan fingerprint density at radius 1 is 1.60 bits per heavy atom. The molecule has 1 unspecified atom stereocenters. The minimum Gasteiger partial charge on any atom is -0.480 e. The largest absolute Gasteiger partial charge is 0.480 e. The molecule has 1 atom stereocenters. The highest BCUT2D eigenvalue weighted by Gasteiger charge is 2.28. The van der Waals surface area contributed by atoms with E-state index in [0.29, 0.717) is 13.1 Å². The summed E-state index contributed by atoms with van der Waals surface area (Å²) in [6, 6.07) is -0.750. The van der Waals surface area contributed by atoms with Crippen LogP contribution in [0.4, 0.5) is 0 Å². The second kappa shape index (κ2) is 5.09. The average Bonchev–Trinajstić information content (AvgIpc) is 2.31. The highest BCUT2D eigenvalue weighted by Crippen LogP contribution is 2.06.